The second kappa shape index (κ2) is 8.06. The normalized spacial score (nSPS) is 17.2. The SMILES string of the molecule is COc1cc(C)ccc1CN1CCCC1c1cccc(Nc2nccs2)n1. The number of hydrogen-bond acceptors (Lipinski definition) is 6. The maximum absolute atomic E-state index is 5.60. The molecule has 0 aliphatic carbocycles. The van der Waals surface area contributed by atoms with Gasteiger partial charge in [0.25, 0.3) is 0 Å². The number of rotatable bonds is 6. The molecular weight excluding hydrogens is 356 g/mol. The van der Waals surface area contributed by atoms with Crippen molar-refractivity contribution in [3.8, 4) is 5.75 Å². The third-order valence-electron chi connectivity index (χ3n) is 4.96. The number of pyridine rings is 1. The van der Waals surface area contributed by atoms with E-state index in [0.717, 1.165) is 41.9 Å². The fraction of sp³-hybridized carbons (Fsp3) is 0.333. The van der Waals surface area contributed by atoms with Crippen LogP contribution in [0.3, 0.4) is 0 Å². The second-order valence-electron chi connectivity index (χ2n) is 6.85. The molecule has 1 atom stereocenters. The molecule has 1 saturated heterocycles. The van der Waals surface area contributed by atoms with Crippen molar-refractivity contribution in [2.45, 2.75) is 32.4 Å². The minimum absolute atomic E-state index is 0.328. The predicted molar refractivity (Wildman–Crippen MR) is 110 cm³/mol. The zero-order chi connectivity index (χ0) is 18.6. The Morgan fingerprint density at radius 2 is 2.22 bits per heavy atom. The lowest BCUT2D eigenvalue weighted by molar-refractivity contribution is 0.240. The van der Waals surface area contributed by atoms with E-state index in [0.29, 0.717) is 6.04 Å². The third kappa shape index (κ3) is 4.12. The van der Waals surface area contributed by atoms with Gasteiger partial charge in [-0.2, -0.15) is 0 Å². The van der Waals surface area contributed by atoms with Gasteiger partial charge in [0.1, 0.15) is 11.6 Å². The molecule has 6 heteroatoms. The molecule has 3 aromatic rings. The van der Waals surface area contributed by atoms with Crippen LogP contribution in [0.25, 0.3) is 0 Å². The van der Waals surface area contributed by atoms with Crippen LogP contribution in [0.1, 0.15) is 35.7 Å². The molecule has 0 bridgehead atoms. The summed E-state index contributed by atoms with van der Waals surface area (Å²) in [6, 6.07) is 13.0. The molecule has 1 aliphatic rings. The summed E-state index contributed by atoms with van der Waals surface area (Å²) >= 11 is 1.58. The molecule has 1 fully saturated rings. The van der Waals surface area contributed by atoms with Crippen LogP contribution in [0, 0.1) is 6.92 Å². The van der Waals surface area contributed by atoms with Crippen molar-refractivity contribution >= 4 is 22.3 Å². The second-order valence-corrected chi connectivity index (χ2v) is 7.75. The van der Waals surface area contributed by atoms with Gasteiger partial charge in [-0.3, -0.25) is 4.90 Å². The minimum atomic E-state index is 0.328. The summed E-state index contributed by atoms with van der Waals surface area (Å²) in [4.78, 5) is 11.6. The molecule has 1 aromatic carbocycles. The van der Waals surface area contributed by atoms with Crippen LogP contribution in [0.2, 0.25) is 0 Å². The molecule has 5 nitrogen and oxygen atoms in total. The number of nitrogens with one attached hydrogen (secondary N) is 1. The fourth-order valence-corrected chi connectivity index (χ4v) is 4.19. The number of nitrogens with zero attached hydrogens (tertiary/aromatic N) is 3. The van der Waals surface area contributed by atoms with Crippen LogP contribution in [-0.2, 0) is 6.54 Å². The van der Waals surface area contributed by atoms with Crippen molar-refractivity contribution in [1.29, 1.82) is 0 Å². The van der Waals surface area contributed by atoms with E-state index in [1.807, 2.05) is 11.4 Å². The van der Waals surface area contributed by atoms with Gasteiger partial charge in [0.15, 0.2) is 5.13 Å². The van der Waals surface area contributed by atoms with Crippen LogP contribution in [0.4, 0.5) is 10.9 Å². The lowest BCUT2D eigenvalue weighted by atomic mass is 10.1. The Morgan fingerprint density at radius 1 is 1.30 bits per heavy atom. The highest BCUT2D eigenvalue weighted by molar-refractivity contribution is 7.13. The topological polar surface area (TPSA) is 50.3 Å². The van der Waals surface area contributed by atoms with Crippen molar-refractivity contribution in [3.05, 3.63) is 64.8 Å². The molecular formula is C21H24N4OS. The molecule has 0 amide bonds. The summed E-state index contributed by atoms with van der Waals surface area (Å²) in [6.07, 6.45) is 4.11. The Balaban J connectivity index is 1.53. The maximum Gasteiger partial charge on any atom is 0.188 e. The van der Waals surface area contributed by atoms with Crippen LogP contribution in [-0.4, -0.2) is 28.5 Å². The largest absolute Gasteiger partial charge is 0.496 e. The molecule has 3 heterocycles. The van der Waals surface area contributed by atoms with E-state index < -0.39 is 0 Å². The summed E-state index contributed by atoms with van der Waals surface area (Å²) in [5.74, 6) is 1.81. The number of hydrogen-bond donors (Lipinski definition) is 1. The zero-order valence-corrected chi connectivity index (χ0v) is 16.5. The van der Waals surface area contributed by atoms with Gasteiger partial charge in [0, 0.05) is 23.7 Å². The summed E-state index contributed by atoms with van der Waals surface area (Å²) in [5.41, 5.74) is 3.56. The van der Waals surface area contributed by atoms with Gasteiger partial charge in [-0.25, -0.2) is 9.97 Å². The maximum atomic E-state index is 5.60. The average molecular weight is 381 g/mol. The van der Waals surface area contributed by atoms with Gasteiger partial charge in [-0.15, -0.1) is 11.3 Å². The molecule has 2 aromatic heterocycles. The molecule has 1 N–H and O–H groups in total. The van der Waals surface area contributed by atoms with Gasteiger partial charge < -0.3 is 10.1 Å². The van der Waals surface area contributed by atoms with E-state index in [2.05, 4.69) is 52.5 Å². The number of anilines is 2. The van der Waals surface area contributed by atoms with E-state index in [4.69, 9.17) is 9.72 Å². The van der Waals surface area contributed by atoms with Gasteiger partial charge in [0.2, 0.25) is 0 Å². The van der Waals surface area contributed by atoms with Gasteiger partial charge in [-0.1, -0.05) is 18.2 Å². The number of aromatic nitrogens is 2. The lowest BCUT2D eigenvalue weighted by Gasteiger charge is -2.25. The quantitative estimate of drug-likeness (QED) is 0.657. The number of methoxy groups -OCH3 is 1. The van der Waals surface area contributed by atoms with Crippen LogP contribution in [0.5, 0.6) is 5.75 Å². The highest BCUT2D eigenvalue weighted by atomic mass is 32.1. The smallest absolute Gasteiger partial charge is 0.188 e. The lowest BCUT2D eigenvalue weighted by Crippen LogP contribution is -2.24. The van der Waals surface area contributed by atoms with E-state index >= 15 is 0 Å². The van der Waals surface area contributed by atoms with Crippen molar-refractivity contribution in [2.24, 2.45) is 0 Å². The standard InChI is InChI=1S/C21H24N4OS/c1-15-8-9-16(19(13-15)26-2)14-25-11-4-6-18(25)17-5-3-7-20(23-17)24-21-22-10-12-27-21/h3,5,7-10,12-13,18H,4,6,11,14H2,1-2H3,(H,22,23,24). The molecule has 0 radical (unpaired) electrons. The minimum Gasteiger partial charge on any atom is -0.496 e. The van der Waals surface area contributed by atoms with Crippen molar-refractivity contribution in [3.63, 3.8) is 0 Å². The monoisotopic (exact) mass is 380 g/mol. The van der Waals surface area contributed by atoms with Crippen molar-refractivity contribution < 1.29 is 4.74 Å². The summed E-state index contributed by atoms with van der Waals surface area (Å²) in [6.45, 7) is 4.04. The molecule has 0 spiro atoms. The Morgan fingerprint density at radius 3 is 3.04 bits per heavy atom. The van der Waals surface area contributed by atoms with Crippen LogP contribution < -0.4 is 10.1 Å². The van der Waals surface area contributed by atoms with Crippen LogP contribution >= 0.6 is 11.3 Å². The zero-order valence-electron chi connectivity index (χ0n) is 15.7. The first kappa shape index (κ1) is 17.9. The Kier molecular flexibility index (Phi) is 5.36. The Bertz CT molecular complexity index is 897. The first-order valence-corrected chi connectivity index (χ1v) is 10.1. The number of ether oxygens (including phenoxy) is 1. The molecule has 4 rings (SSSR count). The molecule has 0 saturated carbocycles. The van der Waals surface area contributed by atoms with Gasteiger partial charge in [-0.05, 0) is 50.1 Å². The highest BCUT2D eigenvalue weighted by Crippen LogP contribution is 2.34. The fourth-order valence-electron chi connectivity index (χ4n) is 3.65. The Hall–Kier alpha value is -2.44. The molecule has 27 heavy (non-hydrogen) atoms. The average Bonchev–Trinajstić information content (AvgIpc) is 3.35. The summed E-state index contributed by atoms with van der Waals surface area (Å²) < 4.78 is 5.60. The first-order valence-electron chi connectivity index (χ1n) is 9.24. The van der Waals surface area contributed by atoms with E-state index in [1.165, 1.54) is 17.5 Å². The predicted octanol–water partition coefficient (Wildman–Crippen LogP) is 4.94. The van der Waals surface area contributed by atoms with Crippen molar-refractivity contribution in [2.75, 3.05) is 19.0 Å². The van der Waals surface area contributed by atoms with Gasteiger partial charge in [0.05, 0.1) is 18.8 Å². The number of thiazole rings is 1. The molecule has 1 unspecified atom stereocenters. The number of likely N-dealkylation sites (tertiary alicyclic amines) is 1. The van der Waals surface area contributed by atoms with E-state index in [9.17, 15) is 0 Å². The highest BCUT2D eigenvalue weighted by Gasteiger charge is 2.28. The molecule has 1 aliphatic heterocycles. The molecule has 140 valence electrons. The van der Waals surface area contributed by atoms with Gasteiger partial charge >= 0.3 is 0 Å². The van der Waals surface area contributed by atoms with Crippen LogP contribution in [0.15, 0.2) is 48.0 Å². The summed E-state index contributed by atoms with van der Waals surface area (Å²) in [5, 5.41) is 6.12. The van der Waals surface area contributed by atoms with E-state index in [1.54, 1.807) is 24.6 Å². The number of aryl methyl sites for hydroxylation is 1. The first-order chi connectivity index (χ1) is 13.2. The number of benzene rings is 1. The Labute approximate surface area is 164 Å². The van der Waals surface area contributed by atoms with Crippen molar-refractivity contribution in [1.82, 2.24) is 14.9 Å². The van der Waals surface area contributed by atoms with E-state index in [-0.39, 0.29) is 0 Å². The summed E-state index contributed by atoms with van der Waals surface area (Å²) in [7, 11) is 1.75. The third-order valence-corrected chi connectivity index (χ3v) is 5.65.